The average molecular weight is 292 g/mol. The molecular formula is C19H20N2O. The van der Waals surface area contributed by atoms with Crippen LogP contribution in [0.1, 0.15) is 19.3 Å². The van der Waals surface area contributed by atoms with Crippen molar-refractivity contribution in [3.63, 3.8) is 0 Å². The Morgan fingerprint density at radius 2 is 1.77 bits per heavy atom. The minimum Gasteiger partial charge on any atom is -0.456 e. The van der Waals surface area contributed by atoms with E-state index in [0.29, 0.717) is 6.04 Å². The van der Waals surface area contributed by atoms with E-state index in [1.165, 1.54) is 35.7 Å². The van der Waals surface area contributed by atoms with Crippen LogP contribution in [0.15, 0.2) is 46.9 Å². The lowest BCUT2D eigenvalue weighted by atomic mass is 10.1. The second-order valence-corrected chi connectivity index (χ2v) is 6.65. The molecular weight excluding hydrogens is 272 g/mol. The third kappa shape index (κ3) is 1.92. The quantitative estimate of drug-likeness (QED) is 0.737. The smallest absolute Gasteiger partial charge is 0.137 e. The van der Waals surface area contributed by atoms with Crippen LogP contribution in [0.2, 0.25) is 0 Å². The molecule has 2 unspecified atom stereocenters. The van der Waals surface area contributed by atoms with Gasteiger partial charge < -0.3 is 14.6 Å². The van der Waals surface area contributed by atoms with Gasteiger partial charge in [-0.2, -0.15) is 0 Å². The van der Waals surface area contributed by atoms with E-state index in [4.69, 9.17) is 4.42 Å². The number of rotatable bonds is 1. The molecule has 22 heavy (non-hydrogen) atoms. The molecule has 3 aromatic rings. The summed E-state index contributed by atoms with van der Waals surface area (Å²) in [6.45, 7) is 2.25. The lowest BCUT2D eigenvalue weighted by Gasteiger charge is -2.26. The molecule has 0 radical (unpaired) electrons. The zero-order valence-corrected chi connectivity index (χ0v) is 12.6. The summed E-state index contributed by atoms with van der Waals surface area (Å²) in [6.07, 6.45) is 3.91. The van der Waals surface area contributed by atoms with E-state index >= 15 is 0 Å². The molecule has 2 aliphatic rings. The average Bonchev–Trinajstić information content (AvgIpc) is 3.06. The highest BCUT2D eigenvalue weighted by Crippen LogP contribution is 2.32. The first-order chi connectivity index (χ1) is 10.9. The van der Waals surface area contributed by atoms with Crippen molar-refractivity contribution in [3.8, 4) is 0 Å². The first-order valence-corrected chi connectivity index (χ1v) is 8.29. The van der Waals surface area contributed by atoms with Crippen LogP contribution in [-0.2, 0) is 0 Å². The summed E-state index contributed by atoms with van der Waals surface area (Å²) in [7, 11) is 0. The standard InChI is InChI=1S/C19H20N2O/c1-2-4-18-16(3-1)17-8-7-15(11-19(17)22-18)21-10-9-13-5-6-14(12-21)20-13/h1-4,7-8,11,13-14,20H,5-6,9-10,12H2. The highest BCUT2D eigenvalue weighted by molar-refractivity contribution is 6.05. The van der Waals surface area contributed by atoms with Crippen molar-refractivity contribution < 1.29 is 4.42 Å². The Kier molecular flexibility index (Phi) is 2.71. The number of hydrogen-bond acceptors (Lipinski definition) is 3. The molecule has 3 heterocycles. The number of anilines is 1. The summed E-state index contributed by atoms with van der Waals surface area (Å²) in [4.78, 5) is 2.52. The third-order valence-corrected chi connectivity index (χ3v) is 5.25. The van der Waals surface area contributed by atoms with Gasteiger partial charge in [0.15, 0.2) is 0 Å². The Balaban J connectivity index is 1.55. The zero-order valence-electron chi connectivity index (χ0n) is 12.6. The van der Waals surface area contributed by atoms with Gasteiger partial charge in [0, 0.05) is 47.7 Å². The molecule has 2 saturated heterocycles. The largest absolute Gasteiger partial charge is 0.456 e. The normalized spacial score (nSPS) is 25.0. The first kappa shape index (κ1) is 12.5. The molecule has 2 fully saturated rings. The summed E-state index contributed by atoms with van der Waals surface area (Å²) in [5.41, 5.74) is 3.27. The Hall–Kier alpha value is -2.00. The SMILES string of the molecule is c1ccc2c(c1)oc1cc(N3CCC4CCC(C3)N4)ccc12. The molecule has 3 nitrogen and oxygen atoms in total. The van der Waals surface area contributed by atoms with Gasteiger partial charge in [0.25, 0.3) is 0 Å². The minimum atomic E-state index is 0.652. The second-order valence-electron chi connectivity index (χ2n) is 6.65. The molecule has 1 N–H and O–H groups in total. The number of benzene rings is 2. The summed E-state index contributed by atoms with van der Waals surface area (Å²) in [6, 6.07) is 16.3. The van der Waals surface area contributed by atoms with Crippen molar-refractivity contribution in [1.82, 2.24) is 5.32 Å². The molecule has 2 aliphatic heterocycles. The van der Waals surface area contributed by atoms with Crippen molar-refractivity contribution in [1.29, 1.82) is 0 Å². The molecule has 5 rings (SSSR count). The van der Waals surface area contributed by atoms with Gasteiger partial charge in [-0.1, -0.05) is 18.2 Å². The lowest BCUT2D eigenvalue weighted by molar-refractivity contribution is 0.563. The van der Waals surface area contributed by atoms with Crippen molar-refractivity contribution in [2.75, 3.05) is 18.0 Å². The zero-order chi connectivity index (χ0) is 14.5. The maximum atomic E-state index is 6.03. The van der Waals surface area contributed by atoms with Crippen LogP contribution < -0.4 is 10.2 Å². The number of nitrogens with one attached hydrogen (secondary N) is 1. The predicted molar refractivity (Wildman–Crippen MR) is 90.5 cm³/mol. The topological polar surface area (TPSA) is 28.4 Å². The highest BCUT2D eigenvalue weighted by Gasteiger charge is 2.29. The van der Waals surface area contributed by atoms with E-state index in [0.717, 1.165) is 30.3 Å². The Morgan fingerprint density at radius 1 is 0.909 bits per heavy atom. The van der Waals surface area contributed by atoms with Crippen molar-refractivity contribution in [2.45, 2.75) is 31.3 Å². The van der Waals surface area contributed by atoms with Crippen LogP contribution in [0.5, 0.6) is 0 Å². The van der Waals surface area contributed by atoms with Crippen LogP contribution in [-0.4, -0.2) is 25.2 Å². The molecule has 2 atom stereocenters. The molecule has 0 saturated carbocycles. The van der Waals surface area contributed by atoms with Crippen LogP contribution in [0.3, 0.4) is 0 Å². The van der Waals surface area contributed by atoms with E-state index in [9.17, 15) is 0 Å². The summed E-state index contributed by atoms with van der Waals surface area (Å²) < 4.78 is 6.03. The predicted octanol–water partition coefficient (Wildman–Crippen LogP) is 3.92. The van der Waals surface area contributed by atoms with Gasteiger partial charge in [-0.3, -0.25) is 0 Å². The molecule has 3 heteroatoms. The number of furan rings is 1. The molecule has 0 aliphatic carbocycles. The van der Waals surface area contributed by atoms with E-state index in [-0.39, 0.29) is 0 Å². The van der Waals surface area contributed by atoms with E-state index < -0.39 is 0 Å². The van der Waals surface area contributed by atoms with Gasteiger partial charge in [0.1, 0.15) is 11.2 Å². The van der Waals surface area contributed by atoms with Gasteiger partial charge in [-0.05, 0) is 37.5 Å². The van der Waals surface area contributed by atoms with Crippen molar-refractivity contribution in [3.05, 3.63) is 42.5 Å². The molecule has 112 valence electrons. The Morgan fingerprint density at radius 3 is 2.77 bits per heavy atom. The first-order valence-electron chi connectivity index (χ1n) is 8.29. The molecule has 0 spiro atoms. The van der Waals surface area contributed by atoms with Crippen LogP contribution in [0, 0.1) is 0 Å². The molecule has 1 aromatic heterocycles. The monoisotopic (exact) mass is 292 g/mol. The fourth-order valence-electron chi connectivity index (χ4n) is 4.09. The van der Waals surface area contributed by atoms with Crippen molar-refractivity contribution in [2.24, 2.45) is 0 Å². The number of nitrogens with zero attached hydrogens (tertiary/aromatic N) is 1. The second kappa shape index (κ2) is 4.75. The minimum absolute atomic E-state index is 0.652. The van der Waals surface area contributed by atoms with E-state index in [1.807, 2.05) is 12.1 Å². The van der Waals surface area contributed by atoms with Gasteiger partial charge in [-0.25, -0.2) is 0 Å². The van der Waals surface area contributed by atoms with Crippen LogP contribution >= 0.6 is 0 Å². The van der Waals surface area contributed by atoms with E-state index in [1.54, 1.807) is 0 Å². The molecule has 2 aromatic carbocycles. The maximum absolute atomic E-state index is 6.03. The number of para-hydroxylation sites is 1. The fourth-order valence-corrected chi connectivity index (χ4v) is 4.09. The summed E-state index contributed by atoms with van der Waals surface area (Å²) in [5.74, 6) is 0. The summed E-state index contributed by atoms with van der Waals surface area (Å²) >= 11 is 0. The lowest BCUT2D eigenvalue weighted by Crippen LogP contribution is -2.35. The van der Waals surface area contributed by atoms with E-state index in [2.05, 4.69) is 40.5 Å². The van der Waals surface area contributed by atoms with Gasteiger partial charge >= 0.3 is 0 Å². The van der Waals surface area contributed by atoms with Gasteiger partial charge in [0.2, 0.25) is 0 Å². The molecule has 0 amide bonds. The molecule has 2 bridgehead atoms. The number of hydrogen-bond donors (Lipinski definition) is 1. The van der Waals surface area contributed by atoms with Crippen LogP contribution in [0.25, 0.3) is 21.9 Å². The maximum Gasteiger partial charge on any atom is 0.137 e. The number of fused-ring (bicyclic) bond motifs is 5. The Bertz CT molecular complexity index is 838. The fraction of sp³-hybridized carbons (Fsp3) is 0.368. The highest BCUT2D eigenvalue weighted by atomic mass is 16.3. The van der Waals surface area contributed by atoms with Gasteiger partial charge in [0.05, 0.1) is 0 Å². The summed E-state index contributed by atoms with van der Waals surface area (Å²) in [5, 5.41) is 6.17. The Labute approximate surface area is 129 Å². The third-order valence-electron chi connectivity index (χ3n) is 5.25. The van der Waals surface area contributed by atoms with Crippen molar-refractivity contribution >= 4 is 27.6 Å². The van der Waals surface area contributed by atoms with Gasteiger partial charge in [-0.15, -0.1) is 0 Å². The van der Waals surface area contributed by atoms with Crippen LogP contribution in [0.4, 0.5) is 5.69 Å².